The van der Waals surface area contributed by atoms with Crippen LogP contribution in [0.15, 0.2) is 15.9 Å². The van der Waals surface area contributed by atoms with Crippen LogP contribution in [0.2, 0.25) is 0 Å². The zero-order valence-corrected chi connectivity index (χ0v) is 11.2. The Morgan fingerprint density at radius 1 is 1.60 bits per heavy atom. The van der Waals surface area contributed by atoms with Crippen LogP contribution in [0.4, 0.5) is 0 Å². The van der Waals surface area contributed by atoms with Crippen LogP contribution in [-0.4, -0.2) is 19.3 Å². The Bertz CT molecular complexity index is 315. The van der Waals surface area contributed by atoms with Gasteiger partial charge in [-0.1, -0.05) is 0 Å². The third-order valence-electron chi connectivity index (χ3n) is 2.92. The van der Waals surface area contributed by atoms with Gasteiger partial charge in [0.05, 0.1) is 6.10 Å². The van der Waals surface area contributed by atoms with Crippen LogP contribution in [0.3, 0.4) is 0 Å². The maximum atomic E-state index is 5.45. The van der Waals surface area contributed by atoms with Crippen molar-refractivity contribution in [1.29, 1.82) is 0 Å². The van der Waals surface area contributed by atoms with E-state index in [0.717, 1.165) is 6.54 Å². The molecule has 0 bridgehead atoms. The number of hydrogen-bond acceptors (Lipinski definition) is 3. The maximum absolute atomic E-state index is 5.45. The lowest BCUT2D eigenvalue weighted by Crippen LogP contribution is -2.36. The lowest BCUT2D eigenvalue weighted by atomic mass is 10.2. The van der Waals surface area contributed by atoms with Gasteiger partial charge in [-0.25, -0.2) is 0 Å². The lowest BCUT2D eigenvalue weighted by molar-refractivity contribution is 0.0848. The van der Waals surface area contributed by atoms with E-state index >= 15 is 0 Å². The highest BCUT2D eigenvalue weighted by Crippen LogP contribution is 2.23. The molecule has 2 atom stereocenters. The standard InChI is InChI=1S/C11H16BrNOS/c1-14-11-4-2-3-10(11)13-6-9-5-8(12)7-15-9/h5,7,10-11,13H,2-4,6H2,1H3. The number of methoxy groups -OCH3 is 1. The average molecular weight is 290 g/mol. The van der Waals surface area contributed by atoms with E-state index in [-0.39, 0.29) is 0 Å². The minimum absolute atomic E-state index is 0.411. The Labute approximate surface area is 103 Å². The Morgan fingerprint density at radius 3 is 3.13 bits per heavy atom. The minimum atomic E-state index is 0.411. The molecule has 1 aliphatic rings. The van der Waals surface area contributed by atoms with Crippen molar-refractivity contribution in [3.8, 4) is 0 Å². The summed E-state index contributed by atoms with van der Waals surface area (Å²) in [5.41, 5.74) is 0. The molecule has 2 nitrogen and oxygen atoms in total. The van der Waals surface area contributed by atoms with Crippen molar-refractivity contribution in [3.63, 3.8) is 0 Å². The van der Waals surface area contributed by atoms with Crippen molar-refractivity contribution in [1.82, 2.24) is 5.32 Å². The van der Waals surface area contributed by atoms with Crippen LogP contribution in [0.5, 0.6) is 0 Å². The number of hydrogen-bond donors (Lipinski definition) is 1. The van der Waals surface area contributed by atoms with Crippen LogP contribution in [0, 0.1) is 0 Å². The van der Waals surface area contributed by atoms with Crippen LogP contribution >= 0.6 is 27.3 Å². The Hall–Kier alpha value is 0.1000. The SMILES string of the molecule is COC1CCCC1NCc1cc(Br)cs1. The van der Waals surface area contributed by atoms with Crippen LogP contribution in [-0.2, 0) is 11.3 Å². The van der Waals surface area contributed by atoms with Crippen molar-refractivity contribution in [2.75, 3.05) is 7.11 Å². The molecule has 0 saturated heterocycles. The third-order valence-corrected chi connectivity index (χ3v) is 4.61. The molecule has 84 valence electrons. The van der Waals surface area contributed by atoms with E-state index < -0.39 is 0 Å². The summed E-state index contributed by atoms with van der Waals surface area (Å²) in [6.07, 6.45) is 4.13. The summed E-state index contributed by atoms with van der Waals surface area (Å²) in [6, 6.07) is 2.71. The molecule has 1 saturated carbocycles. The maximum Gasteiger partial charge on any atom is 0.0724 e. The summed E-state index contributed by atoms with van der Waals surface area (Å²) >= 11 is 5.26. The number of rotatable bonds is 4. The quantitative estimate of drug-likeness (QED) is 0.919. The van der Waals surface area contributed by atoms with Crippen molar-refractivity contribution in [2.45, 2.75) is 38.0 Å². The predicted octanol–water partition coefficient (Wildman–Crippen LogP) is 3.17. The third kappa shape index (κ3) is 3.03. The van der Waals surface area contributed by atoms with Gasteiger partial charge in [-0.05, 0) is 41.3 Å². The molecule has 1 aromatic rings. The number of ether oxygens (including phenoxy) is 1. The first-order valence-electron chi connectivity index (χ1n) is 5.28. The molecule has 0 radical (unpaired) electrons. The fourth-order valence-electron chi connectivity index (χ4n) is 2.12. The first-order valence-corrected chi connectivity index (χ1v) is 6.96. The summed E-state index contributed by atoms with van der Waals surface area (Å²) < 4.78 is 6.63. The van der Waals surface area contributed by atoms with Crippen LogP contribution in [0.25, 0.3) is 0 Å². The second-order valence-electron chi connectivity index (χ2n) is 3.92. The molecule has 0 amide bonds. The molecule has 0 spiro atoms. The summed E-state index contributed by atoms with van der Waals surface area (Å²) in [4.78, 5) is 1.38. The zero-order chi connectivity index (χ0) is 10.7. The van der Waals surface area contributed by atoms with Gasteiger partial charge in [-0.15, -0.1) is 11.3 Å². The van der Waals surface area contributed by atoms with Crippen molar-refractivity contribution in [2.24, 2.45) is 0 Å². The molecule has 1 fully saturated rings. The van der Waals surface area contributed by atoms with Gasteiger partial charge in [0.2, 0.25) is 0 Å². The van der Waals surface area contributed by atoms with Gasteiger partial charge in [-0.3, -0.25) is 0 Å². The molecular weight excluding hydrogens is 274 g/mol. The molecule has 4 heteroatoms. The van der Waals surface area contributed by atoms with E-state index in [0.29, 0.717) is 12.1 Å². The van der Waals surface area contributed by atoms with Gasteiger partial charge >= 0.3 is 0 Å². The Morgan fingerprint density at radius 2 is 2.47 bits per heavy atom. The first kappa shape index (κ1) is 11.6. The highest BCUT2D eigenvalue weighted by atomic mass is 79.9. The summed E-state index contributed by atoms with van der Waals surface area (Å²) in [5, 5.41) is 5.70. The topological polar surface area (TPSA) is 21.3 Å². The monoisotopic (exact) mass is 289 g/mol. The second-order valence-corrected chi connectivity index (χ2v) is 5.84. The van der Waals surface area contributed by atoms with E-state index in [2.05, 4.69) is 32.7 Å². The van der Waals surface area contributed by atoms with Gasteiger partial charge < -0.3 is 10.1 Å². The molecule has 0 aliphatic heterocycles. The van der Waals surface area contributed by atoms with Crippen molar-refractivity contribution >= 4 is 27.3 Å². The molecule has 1 aromatic heterocycles. The molecule has 15 heavy (non-hydrogen) atoms. The van der Waals surface area contributed by atoms with Crippen molar-refractivity contribution < 1.29 is 4.74 Å². The van der Waals surface area contributed by atoms with Gasteiger partial charge in [0.15, 0.2) is 0 Å². The normalized spacial score (nSPS) is 26.0. The van der Waals surface area contributed by atoms with Gasteiger partial charge in [0, 0.05) is 34.4 Å². The molecule has 0 aromatic carbocycles. The fourth-order valence-corrected chi connectivity index (χ4v) is 3.52. The smallest absolute Gasteiger partial charge is 0.0724 e. The lowest BCUT2D eigenvalue weighted by Gasteiger charge is -2.19. The molecule has 2 unspecified atom stereocenters. The molecule has 1 heterocycles. The number of halogens is 1. The predicted molar refractivity (Wildman–Crippen MR) is 67.3 cm³/mol. The zero-order valence-electron chi connectivity index (χ0n) is 8.83. The Balaban J connectivity index is 1.82. The molecule has 2 rings (SSSR count). The van der Waals surface area contributed by atoms with Gasteiger partial charge in [0.1, 0.15) is 0 Å². The molecule has 1 aliphatic carbocycles. The largest absolute Gasteiger partial charge is 0.380 e. The van der Waals surface area contributed by atoms with E-state index in [1.807, 2.05) is 7.11 Å². The first-order chi connectivity index (χ1) is 7.29. The minimum Gasteiger partial charge on any atom is -0.380 e. The van der Waals surface area contributed by atoms with E-state index in [1.165, 1.54) is 28.6 Å². The number of nitrogens with one attached hydrogen (secondary N) is 1. The van der Waals surface area contributed by atoms with E-state index in [1.54, 1.807) is 11.3 Å². The number of thiophene rings is 1. The molecular formula is C11H16BrNOS. The average Bonchev–Trinajstić information content (AvgIpc) is 2.83. The summed E-state index contributed by atoms with van der Waals surface area (Å²) in [6.45, 7) is 0.959. The van der Waals surface area contributed by atoms with E-state index in [4.69, 9.17) is 4.74 Å². The van der Waals surface area contributed by atoms with Gasteiger partial charge in [-0.2, -0.15) is 0 Å². The molecule has 1 N–H and O–H groups in total. The van der Waals surface area contributed by atoms with Crippen molar-refractivity contribution in [3.05, 3.63) is 20.8 Å². The van der Waals surface area contributed by atoms with Crippen LogP contribution < -0.4 is 5.32 Å². The summed E-state index contributed by atoms with van der Waals surface area (Å²) in [5.74, 6) is 0. The summed E-state index contributed by atoms with van der Waals surface area (Å²) in [7, 11) is 1.81. The highest BCUT2D eigenvalue weighted by Gasteiger charge is 2.26. The highest BCUT2D eigenvalue weighted by molar-refractivity contribution is 9.10. The Kier molecular flexibility index (Phi) is 4.20. The van der Waals surface area contributed by atoms with E-state index in [9.17, 15) is 0 Å². The second kappa shape index (κ2) is 5.43. The fraction of sp³-hybridized carbons (Fsp3) is 0.636. The van der Waals surface area contributed by atoms with Crippen LogP contribution in [0.1, 0.15) is 24.1 Å². The van der Waals surface area contributed by atoms with Gasteiger partial charge in [0.25, 0.3) is 0 Å².